The number of nitrogens with two attached hydrogens (primary N) is 2. The van der Waals surface area contributed by atoms with Gasteiger partial charge in [-0.05, 0) is 0 Å². The van der Waals surface area contributed by atoms with Gasteiger partial charge < -0.3 is 21.5 Å². The zero-order valence-electron chi connectivity index (χ0n) is 8.14. The number of hydrogen-bond donors (Lipinski definition) is 3. The summed E-state index contributed by atoms with van der Waals surface area (Å²) in [6.45, 7) is 0.810. The first-order valence-electron chi connectivity index (χ1n) is 4.36. The molecule has 7 nitrogen and oxygen atoms in total. The van der Waals surface area contributed by atoms with E-state index in [0.717, 1.165) is 0 Å². The highest BCUT2D eigenvalue weighted by Crippen LogP contribution is 2.03. The molecule has 0 bridgehead atoms. The van der Waals surface area contributed by atoms with Crippen molar-refractivity contribution < 1.29 is 9.53 Å². The van der Waals surface area contributed by atoms with E-state index in [4.69, 9.17) is 16.2 Å². The fourth-order valence-electron chi connectivity index (χ4n) is 0.893. The van der Waals surface area contributed by atoms with Gasteiger partial charge in [-0.15, -0.1) is 0 Å². The number of nitrogens with zero attached hydrogens (tertiary/aromatic N) is 2. The highest BCUT2D eigenvalue weighted by atomic mass is 16.5. The molecule has 1 amide bonds. The van der Waals surface area contributed by atoms with Crippen molar-refractivity contribution in [3.05, 3.63) is 12.4 Å². The molecule has 7 heteroatoms. The molecule has 5 N–H and O–H groups in total. The summed E-state index contributed by atoms with van der Waals surface area (Å²) in [7, 11) is 0. The molecule has 82 valence electrons. The molecule has 0 radical (unpaired) electrons. The van der Waals surface area contributed by atoms with Crippen molar-refractivity contribution in [1.29, 1.82) is 0 Å². The van der Waals surface area contributed by atoms with Crippen molar-refractivity contribution in [1.82, 2.24) is 9.97 Å². The molecule has 0 unspecified atom stereocenters. The van der Waals surface area contributed by atoms with Gasteiger partial charge >= 0.3 is 0 Å². The largest absolute Gasteiger partial charge is 0.384 e. The van der Waals surface area contributed by atoms with Crippen molar-refractivity contribution in [2.75, 3.05) is 30.8 Å². The van der Waals surface area contributed by atoms with Gasteiger partial charge in [-0.1, -0.05) is 0 Å². The highest BCUT2D eigenvalue weighted by molar-refractivity contribution is 5.74. The van der Waals surface area contributed by atoms with Crippen molar-refractivity contribution in [3.8, 4) is 0 Å². The molecule has 1 rings (SSSR count). The van der Waals surface area contributed by atoms with Crippen LogP contribution in [0.15, 0.2) is 12.4 Å². The number of anilines is 2. The predicted molar refractivity (Wildman–Crippen MR) is 54.9 cm³/mol. The Kier molecular flexibility index (Phi) is 4.30. The number of carbonyl (C=O) groups excluding carboxylic acids is 1. The summed E-state index contributed by atoms with van der Waals surface area (Å²) in [6.07, 6.45) is 1.36. The number of rotatable bonds is 6. The molecule has 0 atom stereocenters. The van der Waals surface area contributed by atoms with Gasteiger partial charge in [0.1, 0.15) is 24.6 Å². The summed E-state index contributed by atoms with van der Waals surface area (Å²) >= 11 is 0. The molecule has 0 saturated carbocycles. The van der Waals surface area contributed by atoms with E-state index in [2.05, 4.69) is 15.3 Å². The van der Waals surface area contributed by atoms with E-state index >= 15 is 0 Å². The Morgan fingerprint density at radius 1 is 1.53 bits per heavy atom. The first-order chi connectivity index (χ1) is 7.18. The van der Waals surface area contributed by atoms with Crippen LogP contribution in [-0.4, -0.2) is 35.6 Å². The van der Waals surface area contributed by atoms with Crippen LogP contribution in [0.5, 0.6) is 0 Å². The number of nitrogens with one attached hydrogen (secondary N) is 1. The predicted octanol–water partition coefficient (Wildman–Crippen LogP) is -1.03. The molecule has 15 heavy (non-hydrogen) atoms. The lowest BCUT2D eigenvalue weighted by Crippen LogP contribution is -2.20. The zero-order valence-corrected chi connectivity index (χ0v) is 8.14. The topological polar surface area (TPSA) is 116 Å². The van der Waals surface area contributed by atoms with Crippen molar-refractivity contribution >= 4 is 17.5 Å². The van der Waals surface area contributed by atoms with Gasteiger partial charge in [0.05, 0.1) is 6.61 Å². The summed E-state index contributed by atoms with van der Waals surface area (Å²) in [6, 6.07) is 1.61. The summed E-state index contributed by atoms with van der Waals surface area (Å²) < 4.78 is 4.94. The first kappa shape index (κ1) is 11.2. The van der Waals surface area contributed by atoms with Crippen LogP contribution in [0.1, 0.15) is 0 Å². The molecule has 0 saturated heterocycles. The van der Waals surface area contributed by atoms with Gasteiger partial charge in [-0.25, -0.2) is 9.97 Å². The van der Waals surface area contributed by atoms with Gasteiger partial charge in [0, 0.05) is 12.6 Å². The Balaban J connectivity index is 2.17. The lowest BCUT2D eigenvalue weighted by molar-refractivity contribution is -0.122. The third-order valence-corrected chi connectivity index (χ3v) is 1.49. The average molecular weight is 211 g/mol. The van der Waals surface area contributed by atoms with Crippen LogP contribution in [0.25, 0.3) is 0 Å². The van der Waals surface area contributed by atoms with Crippen LogP contribution in [0.3, 0.4) is 0 Å². The van der Waals surface area contributed by atoms with Crippen LogP contribution >= 0.6 is 0 Å². The minimum atomic E-state index is -0.485. The van der Waals surface area contributed by atoms with Crippen molar-refractivity contribution in [2.24, 2.45) is 5.73 Å². The maximum absolute atomic E-state index is 10.3. The second-order valence-corrected chi connectivity index (χ2v) is 2.77. The molecule has 0 spiro atoms. The van der Waals surface area contributed by atoms with Crippen LogP contribution in [0.4, 0.5) is 11.6 Å². The van der Waals surface area contributed by atoms with E-state index in [9.17, 15) is 4.79 Å². The van der Waals surface area contributed by atoms with Gasteiger partial charge in [-0.3, -0.25) is 4.79 Å². The van der Waals surface area contributed by atoms with E-state index in [1.54, 1.807) is 6.07 Å². The summed E-state index contributed by atoms with van der Waals surface area (Å²) in [5.74, 6) is 0.525. The molecule has 0 aromatic carbocycles. The molecule has 0 aliphatic rings. The fourth-order valence-corrected chi connectivity index (χ4v) is 0.893. The molecule has 1 heterocycles. The summed E-state index contributed by atoms with van der Waals surface area (Å²) in [5, 5.41) is 2.95. The van der Waals surface area contributed by atoms with Gasteiger partial charge in [0.2, 0.25) is 5.91 Å². The Morgan fingerprint density at radius 2 is 2.33 bits per heavy atom. The average Bonchev–Trinajstić information content (AvgIpc) is 2.17. The molecule has 0 aliphatic heterocycles. The molecule has 0 fully saturated rings. The van der Waals surface area contributed by atoms with Crippen LogP contribution in [0.2, 0.25) is 0 Å². The second kappa shape index (κ2) is 5.76. The molecule has 0 aliphatic carbocycles. The lowest BCUT2D eigenvalue weighted by atomic mass is 10.5. The minimum absolute atomic E-state index is 0.0758. The normalized spacial score (nSPS) is 9.87. The van der Waals surface area contributed by atoms with Crippen molar-refractivity contribution in [3.63, 3.8) is 0 Å². The highest BCUT2D eigenvalue weighted by Gasteiger charge is 1.96. The fraction of sp³-hybridized carbons (Fsp3) is 0.375. The number of ether oxygens (including phenoxy) is 1. The Morgan fingerprint density at radius 3 is 3.00 bits per heavy atom. The van der Waals surface area contributed by atoms with E-state index < -0.39 is 5.91 Å². The van der Waals surface area contributed by atoms with E-state index in [0.29, 0.717) is 24.8 Å². The van der Waals surface area contributed by atoms with Crippen LogP contribution < -0.4 is 16.8 Å². The quantitative estimate of drug-likeness (QED) is 0.518. The Labute approximate surface area is 86.8 Å². The third kappa shape index (κ3) is 4.77. The number of primary amides is 1. The van der Waals surface area contributed by atoms with Crippen molar-refractivity contribution in [2.45, 2.75) is 0 Å². The number of carbonyl (C=O) groups is 1. The Bertz CT molecular complexity index is 331. The molecule has 1 aromatic rings. The number of amides is 1. The van der Waals surface area contributed by atoms with E-state index in [1.165, 1.54) is 6.33 Å². The number of aromatic nitrogens is 2. The SMILES string of the molecule is NC(=O)COCCNc1cc(N)ncn1. The molecule has 1 aromatic heterocycles. The van der Waals surface area contributed by atoms with E-state index in [1.807, 2.05) is 0 Å². The monoisotopic (exact) mass is 211 g/mol. The van der Waals surface area contributed by atoms with Crippen LogP contribution in [0, 0.1) is 0 Å². The van der Waals surface area contributed by atoms with Gasteiger partial charge in [0.15, 0.2) is 0 Å². The Hall–Kier alpha value is -1.89. The summed E-state index contributed by atoms with van der Waals surface area (Å²) in [4.78, 5) is 18.0. The van der Waals surface area contributed by atoms with E-state index in [-0.39, 0.29) is 6.61 Å². The minimum Gasteiger partial charge on any atom is -0.384 e. The van der Waals surface area contributed by atoms with Gasteiger partial charge in [0.25, 0.3) is 0 Å². The number of hydrogen-bond acceptors (Lipinski definition) is 6. The maximum atomic E-state index is 10.3. The summed E-state index contributed by atoms with van der Waals surface area (Å²) in [5.41, 5.74) is 10.3. The zero-order chi connectivity index (χ0) is 11.1. The van der Waals surface area contributed by atoms with Crippen LogP contribution in [-0.2, 0) is 9.53 Å². The maximum Gasteiger partial charge on any atom is 0.243 e. The third-order valence-electron chi connectivity index (χ3n) is 1.49. The first-order valence-corrected chi connectivity index (χ1v) is 4.36. The second-order valence-electron chi connectivity index (χ2n) is 2.77. The standard InChI is InChI=1S/C8H13N5O2/c9-6-3-8(13-5-12-6)11-1-2-15-4-7(10)14/h3,5H,1-2,4H2,(H2,10,14)(H3,9,11,12,13). The molecular weight excluding hydrogens is 198 g/mol. The lowest BCUT2D eigenvalue weighted by Gasteiger charge is -2.05. The number of nitrogen functional groups attached to an aromatic ring is 1. The smallest absolute Gasteiger partial charge is 0.243 e. The van der Waals surface area contributed by atoms with Gasteiger partial charge in [-0.2, -0.15) is 0 Å². The molecular formula is C8H13N5O2.